The summed E-state index contributed by atoms with van der Waals surface area (Å²) in [5.74, 6) is 0.313. The average Bonchev–Trinajstić information content (AvgIpc) is 1.77. The van der Waals surface area contributed by atoms with E-state index in [4.69, 9.17) is 5.11 Å². The van der Waals surface area contributed by atoms with Gasteiger partial charge in [-0.1, -0.05) is 0 Å². The molecule has 0 aromatic heterocycles. The third-order valence-corrected chi connectivity index (χ3v) is 1.59. The Labute approximate surface area is 56.2 Å². The maximum absolute atomic E-state index is 8.89. The summed E-state index contributed by atoms with van der Waals surface area (Å²) in [4.78, 5) is 0. The minimum absolute atomic E-state index is 0.313. The number of aromatic hydroxyl groups is 1. The first-order valence-corrected chi connectivity index (χ1v) is 3.11. The molecule has 1 radical (unpaired) electrons. The van der Waals surface area contributed by atoms with Crippen molar-refractivity contribution >= 4 is 20.5 Å². The second kappa shape index (κ2) is 2.21. The van der Waals surface area contributed by atoms with Gasteiger partial charge >= 0.3 is 55.6 Å². The molecule has 0 aliphatic heterocycles. The van der Waals surface area contributed by atoms with Gasteiger partial charge in [0.25, 0.3) is 0 Å². The van der Waals surface area contributed by atoms with Gasteiger partial charge in [-0.15, -0.1) is 0 Å². The Morgan fingerprint density at radius 3 is 2.25 bits per heavy atom. The van der Waals surface area contributed by atoms with E-state index in [0.717, 1.165) is 4.46 Å². The van der Waals surface area contributed by atoms with Crippen LogP contribution in [0.15, 0.2) is 24.3 Å². The number of benzene rings is 1. The number of phenolic OH excluding ortho intramolecular Hbond substituents is 1. The van der Waals surface area contributed by atoms with Crippen LogP contribution in [0, 0.1) is 0 Å². The molecular weight excluding hydrogens is 167 g/mol. The summed E-state index contributed by atoms with van der Waals surface area (Å²) in [7, 11) is 0. The maximum atomic E-state index is 8.89. The molecule has 41 valence electrons. The summed E-state index contributed by atoms with van der Waals surface area (Å²) in [6.07, 6.45) is 0. The van der Waals surface area contributed by atoms with E-state index in [1.807, 2.05) is 12.1 Å². The first kappa shape index (κ1) is 5.67. The molecule has 0 fully saturated rings. The molecule has 1 aromatic carbocycles. The van der Waals surface area contributed by atoms with Crippen LogP contribution in [0.2, 0.25) is 0 Å². The Hall–Kier alpha value is -0.461. The minimum atomic E-state index is 0.313. The molecule has 0 heterocycles. The van der Waals surface area contributed by atoms with Gasteiger partial charge in [-0.05, 0) is 0 Å². The molecule has 0 aliphatic carbocycles. The van der Waals surface area contributed by atoms with E-state index in [1.165, 1.54) is 0 Å². The van der Waals surface area contributed by atoms with Crippen molar-refractivity contribution in [2.75, 3.05) is 0 Å². The molecule has 1 aromatic rings. The predicted molar refractivity (Wildman–Crippen MR) is 33.5 cm³/mol. The zero-order valence-electron chi connectivity index (χ0n) is 4.16. The van der Waals surface area contributed by atoms with E-state index < -0.39 is 0 Å². The summed E-state index contributed by atoms with van der Waals surface area (Å²) < 4.78 is 0.799. The molecule has 1 rings (SSSR count). The van der Waals surface area contributed by atoms with Crippen molar-refractivity contribution in [1.82, 2.24) is 0 Å². The Morgan fingerprint density at radius 2 is 1.88 bits per heavy atom. The van der Waals surface area contributed by atoms with Crippen LogP contribution >= 0.6 is 0 Å². The fourth-order valence-corrected chi connectivity index (χ4v) is 0.765. The van der Waals surface area contributed by atoms with E-state index in [2.05, 4.69) is 16.0 Å². The van der Waals surface area contributed by atoms with Crippen LogP contribution in [0.5, 0.6) is 5.75 Å². The van der Waals surface area contributed by atoms with E-state index in [-0.39, 0.29) is 0 Å². The summed E-state index contributed by atoms with van der Waals surface area (Å²) in [5, 5.41) is 8.89. The van der Waals surface area contributed by atoms with Crippen LogP contribution in [-0.2, 0) is 0 Å². The predicted octanol–water partition coefficient (Wildman–Crippen LogP) is 0.186. The van der Waals surface area contributed by atoms with Crippen molar-refractivity contribution in [2.45, 2.75) is 0 Å². The van der Waals surface area contributed by atoms with Gasteiger partial charge in [0.2, 0.25) is 0 Å². The van der Waals surface area contributed by atoms with Crippen molar-refractivity contribution < 1.29 is 5.11 Å². The van der Waals surface area contributed by atoms with Crippen LogP contribution in [-0.4, -0.2) is 21.1 Å². The summed E-state index contributed by atoms with van der Waals surface area (Å²) >= 11 is 2.72. The van der Waals surface area contributed by atoms with Gasteiger partial charge in [0.15, 0.2) is 0 Å². The SMILES string of the molecule is Oc1ccccc1[Se]. The molecule has 1 nitrogen and oxygen atoms in total. The van der Waals surface area contributed by atoms with Crippen LogP contribution in [0.4, 0.5) is 0 Å². The molecule has 8 heavy (non-hydrogen) atoms. The Kier molecular flexibility index (Phi) is 1.56. The van der Waals surface area contributed by atoms with E-state index in [9.17, 15) is 0 Å². The standard InChI is InChI=1S/C6H5OSe/c7-5-3-1-2-4-6(5)8/h1-4,7H. The summed E-state index contributed by atoms with van der Waals surface area (Å²) in [5.41, 5.74) is 0. The number of hydrogen-bond donors (Lipinski definition) is 1. The molecule has 0 amide bonds. The normalized spacial score (nSPS) is 9.00. The second-order valence-corrected chi connectivity index (χ2v) is 2.39. The van der Waals surface area contributed by atoms with Crippen molar-refractivity contribution in [3.8, 4) is 5.75 Å². The molecule has 2 heteroatoms. The molecule has 0 bridgehead atoms. The third kappa shape index (κ3) is 1.03. The van der Waals surface area contributed by atoms with Gasteiger partial charge in [0.1, 0.15) is 0 Å². The molecule has 0 atom stereocenters. The van der Waals surface area contributed by atoms with Crippen molar-refractivity contribution in [3.05, 3.63) is 24.3 Å². The van der Waals surface area contributed by atoms with Gasteiger partial charge in [0, 0.05) is 0 Å². The van der Waals surface area contributed by atoms with Gasteiger partial charge in [0.05, 0.1) is 0 Å². The van der Waals surface area contributed by atoms with Crippen LogP contribution < -0.4 is 4.46 Å². The Bertz CT molecular complexity index is 165. The number of hydrogen-bond acceptors (Lipinski definition) is 1. The van der Waals surface area contributed by atoms with E-state index >= 15 is 0 Å². The topological polar surface area (TPSA) is 20.2 Å². The molecular formula is C6H5OSe. The quantitative estimate of drug-likeness (QED) is 0.553. The summed E-state index contributed by atoms with van der Waals surface area (Å²) in [6.45, 7) is 0. The molecule has 0 aliphatic rings. The molecule has 0 spiro atoms. The van der Waals surface area contributed by atoms with Crippen molar-refractivity contribution in [2.24, 2.45) is 0 Å². The average molecular weight is 172 g/mol. The van der Waals surface area contributed by atoms with Crippen LogP contribution in [0.25, 0.3) is 0 Å². The fraction of sp³-hybridized carbons (Fsp3) is 0. The Morgan fingerprint density at radius 1 is 1.25 bits per heavy atom. The van der Waals surface area contributed by atoms with Crippen molar-refractivity contribution in [1.29, 1.82) is 0 Å². The van der Waals surface area contributed by atoms with Gasteiger partial charge in [-0.3, -0.25) is 0 Å². The number of phenols is 1. The third-order valence-electron chi connectivity index (χ3n) is 0.865. The van der Waals surface area contributed by atoms with Gasteiger partial charge in [-0.2, -0.15) is 0 Å². The number of para-hydroxylation sites is 1. The van der Waals surface area contributed by atoms with Gasteiger partial charge in [-0.25, -0.2) is 0 Å². The van der Waals surface area contributed by atoms with Crippen LogP contribution in [0.1, 0.15) is 0 Å². The van der Waals surface area contributed by atoms with E-state index in [1.54, 1.807) is 12.1 Å². The first-order valence-electron chi connectivity index (χ1n) is 2.26. The zero-order chi connectivity index (χ0) is 5.98. The molecule has 1 N–H and O–H groups in total. The second-order valence-electron chi connectivity index (χ2n) is 1.47. The van der Waals surface area contributed by atoms with Gasteiger partial charge < -0.3 is 0 Å². The molecule has 0 saturated carbocycles. The fourth-order valence-electron chi connectivity index (χ4n) is 0.457. The van der Waals surface area contributed by atoms with E-state index in [0.29, 0.717) is 5.75 Å². The van der Waals surface area contributed by atoms with Crippen molar-refractivity contribution in [3.63, 3.8) is 0 Å². The van der Waals surface area contributed by atoms with Crippen LogP contribution in [0.3, 0.4) is 0 Å². The number of rotatable bonds is 0. The first-order chi connectivity index (χ1) is 3.80. The molecule has 0 unspecified atom stereocenters. The zero-order valence-corrected chi connectivity index (χ0v) is 5.88. The summed E-state index contributed by atoms with van der Waals surface area (Å²) in [6, 6.07) is 7.11. The Balaban J connectivity index is 3.13. The monoisotopic (exact) mass is 173 g/mol. The molecule has 0 saturated heterocycles.